The van der Waals surface area contributed by atoms with Gasteiger partial charge in [0.2, 0.25) is 0 Å². The van der Waals surface area contributed by atoms with E-state index in [-0.39, 0.29) is 0 Å². The first-order valence-corrected chi connectivity index (χ1v) is 6.84. The zero-order valence-corrected chi connectivity index (χ0v) is 9.38. The maximum absolute atomic E-state index is 4.62. The van der Waals surface area contributed by atoms with E-state index in [1.54, 1.807) is 11.3 Å². The van der Waals surface area contributed by atoms with E-state index in [4.69, 9.17) is 0 Å². The number of thiazole rings is 1. The first kappa shape index (κ1) is 9.49. The summed E-state index contributed by atoms with van der Waals surface area (Å²) in [5.74, 6) is 1.05. The molecule has 0 amide bonds. The number of rotatable bonds is 3. The van der Waals surface area contributed by atoms with E-state index in [2.05, 4.69) is 21.9 Å². The minimum atomic E-state index is 0.534. The van der Waals surface area contributed by atoms with Gasteiger partial charge in [-0.2, -0.15) is 11.8 Å². The quantitative estimate of drug-likeness (QED) is 0.836. The average molecular weight is 214 g/mol. The van der Waals surface area contributed by atoms with E-state index in [0.29, 0.717) is 6.04 Å². The number of thioether (sulfide) groups is 1. The molecule has 0 saturated carbocycles. The van der Waals surface area contributed by atoms with Crippen LogP contribution in [0.4, 0.5) is 0 Å². The highest BCUT2D eigenvalue weighted by molar-refractivity contribution is 7.97. The van der Waals surface area contributed by atoms with Crippen molar-refractivity contribution in [2.24, 2.45) is 0 Å². The van der Waals surface area contributed by atoms with Crippen molar-refractivity contribution in [3.05, 3.63) is 16.1 Å². The Bertz CT molecular complexity index is 266. The molecule has 1 N–H and O–H groups in total. The lowest BCUT2D eigenvalue weighted by Crippen LogP contribution is -2.13. The van der Waals surface area contributed by atoms with E-state index in [1.807, 2.05) is 11.8 Å². The fraction of sp³-hybridized carbons (Fsp3) is 0.667. The van der Waals surface area contributed by atoms with Crippen molar-refractivity contribution in [3.63, 3.8) is 0 Å². The Morgan fingerprint density at radius 1 is 1.77 bits per heavy atom. The van der Waals surface area contributed by atoms with Gasteiger partial charge in [-0.3, -0.25) is 0 Å². The third kappa shape index (κ3) is 2.24. The van der Waals surface area contributed by atoms with Gasteiger partial charge < -0.3 is 5.32 Å². The van der Waals surface area contributed by atoms with E-state index < -0.39 is 0 Å². The number of hydrogen-bond acceptors (Lipinski definition) is 4. The van der Waals surface area contributed by atoms with Crippen LogP contribution in [0.2, 0.25) is 0 Å². The molecule has 1 fully saturated rings. The third-order valence-electron chi connectivity index (χ3n) is 2.25. The van der Waals surface area contributed by atoms with E-state index in [0.717, 1.165) is 12.3 Å². The third-order valence-corrected chi connectivity index (χ3v) is 3.87. The molecule has 4 heteroatoms. The topological polar surface area (TPSA) is 24.9 Å². The highest BCUT2D eigenvalue weighted by Crippen LogP contribution is 2.25. The van der Waals surface area contributed by atoms with Crippen LogP contribution in [0.1, 0.15) is 29.6 Å². The second kappa shape index (κ2) is 4.44. The molecule has 0 bridgehead atoms. The summed E-state index contributed by atoms with van der Waals surface area (Å²) < 4.78 is 0. The van der Waals surface area contributed by atoms with Gasteiger partial charge in [0.15, 0.2) is 0 Å². The Hall–Kier alpha value is -0.0600. The van der Waals surface area contributed by atoms with Crippen LogP contribution in [0.5, 0.6) is 0 Å². The summed E-state index contributed by atoms with van der Waals surface area (Å²) in [6, 6.07) is 0.534. The van der Waals surface area contributed by atoms with Crippen LogP contribution in [0.25, 0.3) is 0 Å². The molecule has 0 radical (unpaired) electrons. The minimum Gasteiger partial charge on any atom is -0.309 e. The van der Waals surface area contributed by atoms with Crippen molar-refractivity contribution in [3.8, 4) is 0 Å². The fourth-order valence-electron chi connectivity index (χ4n) is 1.61. The van der Waals surface area contributed by atoms with Crippen LogP contribution < -0.4 is 5.32 Å². The Morgan fingerprint density at radius 3 is 3.38 bits per heavy atom. The lowest BCUT2D eigenvalue weighted by atomic mass is 10.2. The summed E-state index contributed by atoms with van der Waals surface area (Å²) in [4.78, 5) is 4.62. The summed E-state index contributed by atoms with van der Waals surface area (Å²) >= 11 is 3.63. The molecular formula is C9H14N2S2. The Labute approximate surface area is 87.1 Å². The molecule has 2 heterocycles. The van der Waals surface area contributed by atoms with E-state index in [1.165, 1.54) is 23.5 Å². The van der Waals surface area contributed by atoms with Crippen LogP contribution in [0, 0.1) is 0 Å². The van der Waals surface area contributed by atoms with Crippen molar-refractivity contribution >= 4 is 23.1 Å². The molecule has 0 spiro atoms. The van der Waals surface area contributed by atoms with Crippen LogP contribution in [0.15, 0.2) is 5.38 Å². The number of nitrogens with one attached hydrogen (secondary N) is 1. The van der Waals surface area contributed by atoms with Crippen LogP contribution in [0.3, 0.4) is 0 Å². The highest BCUT2D eigenvalue weighted by atomic mass is 32.2. The van der Waals surface area contributed by atoms with Crippen molar-refractivity contribution in [2.75, 3.05) is 12.8 Å². The molecule has 2 nitrogen and oxygen atoms in total. The summed E-state index contributed by atoms with van der Waals surface area (Å²) in [6.45, 7) is 1.15. The van der Waals surface area contributed by atoms with Gasteiger partial charge >= 0.3 is 0 Å². The molecule has 0 aromatic carbocycles. The standard InChI is InChI=1S/C9H14N2S2/c1-12-6-9-11-8(5-13-9)7-3-2-4-10-7/h5,7,10H,2-4,6H2,1H3/t7-/m1/s1. The van der Waals surface area contributed by atoms with Crippen molar-refractivity contribution in [1.82, 2.24) is 10.3 Å². The summed E-state index contributed by atoms with van der Waals surface area (Å²) in [7, 11) is 0. The number of aromatic nitrogens is 1. The average Bonchev–Trinajstić information content (AvgIpc) is 2.70. The first-order valence-electron chi connectivity index (χ1n) is 4.57. The maximum Gasteiger partial charge on any atom is 0.103 e. The zero-order chi connectivity index (χ0) is 9.10. The number of nitrogens with zero attached hydrogens (tertiary/aromatic N) is 1. The minimum absolute atomic E-state index is 0.534. The SMILES string of the molecule is CSCc1nc([C@H]2CCCN2)cs1. The van der Waals surface area contributed by atoms with E-state index >= 15 is 0 Å². The van der Waals surface area contributed by atoms with Gasteiger partial charge in [-0.15, -0.1) is 11.3 Å². The van der Waals surface area contributed by atoms with Gasteiger partial charge in [-0.1, -0.05) is 0 Å². The molecule has 72 valence electrons. The van der Waals surface area contributed by atoms with Crippen molar-refractivity contribution in [2.45, 2.75) is 24.6 Å². The van der Waals surface area contributed by atoms with Gasteiger partial charge in [-0.05, 0) is 25.6 Å². The molecule has 1 aromatic heterocycles. The molecule has 13 heavy (non-hydrogen) atoms. The number of hydrogen-bond donors (Lipinski definition) is 1. The molecule has 0 aliphatic carbocycles. The molecule has 2 rings (SSSR count). The van der Waals surface area contributed by atoms with Gasteiger partial charge in [0.1, 0.15) is 5.01 Å². The molecule has 1 aliphatic heterocycles. The molecule has 1 saturated heterocycles. The van der Waals surface area contributed by atoms with Gasteiger partial charge in [0.05, 0.1) is 11.7 Å². The van der Waals surface area contributed by atoms with Crippen molar-refractivity contribution in [1.29, 1.82) is 0 Å². The van der Waals surface area contributed by atoms with E-state index in [9.17, 15) is 0 Å². The van der Waals surface area contributed by atoms with Crippen molar-refractivity contribution < 1.29 is 0 Å². The predicted octanol–water partition coefficient (Wildman–Crippen LogP) is 2.43. The predicted molar refractivity (Wildman–Crippen MR) is 59.3 cm³/mol. The first-order chi connectivity index (χ1) is 6.40. The van der Waals surface area contributed by atoms with Gasteiger partial charge in [0, 0.05) is 11.1 Å². The van der Waals surface area contributed by atoms with Crippen LogP contribution >= 0.6 is 23.1 Å². The van der Waals surface area contributed by atoms with Gasteiger partial charge in [0.25, 0.3) is 0 Å². The molecular weight excluding hydrogens is 200 g/mol. The second-order valence-electron chi connectivity index (χ2n) is 3.25. The molecule has 1 atom stereocenters. The molecule has 1 aromatic rings. The smallest absolute Gasteiger partial charge is 0.103 e. The van der Waals surface area contributed by atoms with Gasteiger partial charge in [-0.25, -0.2) is 4.98 Å². The molecule has 1 aliphatic rings. The molecule has 0 unspecified atom stereocenters. The largest absolute Gasteiger partial charge is 0.309 e. The summed E-state index contributed by atoms with van der Waals surface area (Å²) in [5, 5.41) is 6.93. The van der Waals surface area contributed by atoms with Crippen LogP contribution in [-0.4, -0.2) is 17.8 Å². The monoisotopic (exact) mass is 214 g/mol. The fourth-order valence-corrected chi connectivity index (χ4v) is 3.18. The lowest BCUT2D eigenvalue weighted by molar-refractivity contribution is 0.630. The second-order valence-corrected chi connectivity index (χ2v) is 5.06. The zero-order valence-electron chi connectivity index (χ0n) is 7.75. The maximum atomic E-state index is 4.62. The Kier molecular flexibility index (Phi) is 3.24. The lowest BCUT2D eigenvalue weighted by Gasteiger charge is -2.04. The summed E-state index contributed by atoms with van der Waals surface area (Å²) in [6.07, 6.45) is 4.66. The highest BCUT2D eigenvalue weighted by Gasteiger charge is 2.18. The van der Waals surface area contributed by atoms with Crippen LogP contribution in [-0.2, 0) is 5.75 Å². The summed E-state index contributed by atoms with van der Waals surface area (Å²) in [5.41, 5.74) is 1.26. The Balaban J connectivity index is 2.03. The Morgan fingerprint density at radius 2 is 2.69 bits per heavy atom. The normalized spacial score (nSPS) is 22.4.